The summed E-state index contributed by atoms with van der Waals surface area (Å²) in [6.45, 7) is 5.53. The zero-order chi connectivity index (χ0) is 18.7. The minimum absolute atomic E-state index is 0.121. The van der Waals surface area contributed by atoms with Crippen LogP contribution in [0.15, 0.2) is 39.9 Å². The number of aromatic nitrogens is 3. The highest BCUT2D eigenvalue weighted by atomic mass is 16.5. The lowest BCUT2D eigenvalue weighted by molar-refractivity contribution is 0.141. The van der Waals surface area contributed by atoms with Crippen molar-refractivity contribution in [3.63, 3.8) is 0 Å². The van der Waals surface area contributed by atoms with Crippen molar-refractivity contribution >= 4 is 16.6 Å². The smallest absolute Gasteiger partial charge is 0.280 e. The monoisotopic (exact) mass is 356 g/mol. The Labute approximate surface area is 151 Å². The number of hydrogen-bond acceptors (Lipinski definition) is 4. The fraction of sp³-hybridized carbons (Fsp3) is 0.368. The van der Waals surface area contributed by atoms with Gasteiger partial charge >= 0.3 is 0 Å². The first-order chi connectivity index (χ1) is 12.6. The van der Waals surface area contributed by atoms with Crippen molar-refractivity contribution in [1.29, 1.82) is 0 Å². The molecule has 0 aliphatic carbocycles. The Bertz CT molecular complexity index is 1030. The van der Waals surface area contributed by atoms with Gasteiger partial charge in [0.25, 0.3) is 11.1 Å². The highest BCUT2D eigenvalue weighted by Gasteiger charge is 2.15. The first-order valence-corrected chi connectivity index (χ1v) is 8.78. The van der Waals surface area contributed by atoms with Crippen LogP contribution in [0, 0.1) is 6.92 Å². The van der Waals surface area contributed by atoms with E-state index in [1.54, 1.807) is 4.57 Å². The maximum Gasteiger partial charge on any atom is 0.280 e. The molecule has 7 heteroatoms. The van der Waals surface area contributed by atoms with Gasteiger partial charge in [-0.15, -0.1) is 0 Å². The van der Waals surface area contributed by atoms with E-state index in [9.17, 15) is 9.59 Å². The van der Waals surface area contributed by atoms with E-state index < -0.39 is 0 Å². The molecule has 0 unspecified atom stereocenters. The Balaban J connectivity index is 2.07. The van der Waals surface area contributed by atoms with E-state index in [0.717, 1.165) is 12.1 Å². The number of pyridine rings is 1. The molecule has 0 atom stereocenters. The molecule has 0 aliphatic heterocycles. The SMILES string of the molecule is CCOCCCn1c(C)c2c(=O)n(-c3cccc(NC)c3)[nH]c2cc1=O. The summed E-state index contributed by atoms with van der Waals surface area (Å²) < 4.78 is 8.46. The van der Waals surface area contributed by atoms with Gasteiger partial charge in [0.1, 0.15) is 0 Å². The average Bonchev–Trinajstić information content (AvgIpc) is 2.97. The van der Waals surface area contributed by atoms with Crippen LogP contribution in [-0.2, 0) is 11.3 Å². The van der Waals surface area contributed by atoms with Crippen molar-refractivity contribution in [3.8, 4) is 5.69 Å². The van der Waals surface area contributed by atoms with Crippen LogP contribution in [0.3, 0.4) is 0 Å². The van der Waals surface area contributed by atoms with Gasteiger partial charge in [-0.3, -0.25) is 14.7 Å². The number of benzene rings is 1. The number of anilines is 1. The molecule has 0 saturated heterocycles. The third kappa shape index (κ3) is 3.30. The molecular weight excluding hydrogens is 332 g/mol. The van der Waals surface area contributed by atoms with Crippen LogP contribution in [0.1, 0.15) is 19.0 Å². The number of nitrogens with zero attached hydrogens (tertiary/aromatic N) is 2. The van der Waals surface area contributed by atoms with Crippen molar-refractivity contribution < 1.29 is 4.74 Å². The molecule has 3 aromatic rings. The quantitative estimate of drug-likeness (QED) is 0.636. The number of H-pyrrole nitrogens is 1. The molecular formula is C19H24N4O3. The maximum absolute atomic E-state index is 13.0. The van der Waals surface area contributed by atoms with E-state index in [1.807, 2.05) is 45.2 Å². The van der Waals surface area contributed by atoms with Crippen LogP contribution in [0.2, 0.25) is 0 Å². The first kappa shape index (κ1) is 18.0. The van der Waals surface area contributed by atoms with Gasteiger partial charge in [0.2, 0.25) is 0 Å². The fourth-order valence-corrected chi connectivity index (χ4v) is 3.14. The van der Waals surface area contributed by atoms with Crippen LogP contribution in [0.5, 0.6) is 0 Å². The topological polar surface area (TPSA) is 81.0 Å². The third-order valence-electron chi connectivity index (χ3n) is 4.49. The van der Waals surface area contributed by atoms with E-state index in [4.69, 9.17) is 4.74 Å². The predicted molar refractivity (Wildman–Crippen MR) is 104 cm³/mol. The number of aromatic amines is 1. The standard InChI is InChI=1S/C19H24N4O3/c1-4-26-10-6-9-22-13(2)18-16(12-17(22)24)21-23(19(18)25)15-8-5-7-14(11-15)20-3/h5,7-8,11-12,20-21H,4,6,9-10H2,1-3H3. The maximum atomic E-state index is 13.0. The summed E-state index contributed by atoms with van der Waals surface area (Å²) in [6.07, 6.45) is 0.725. The van der Waals surface area contributed by atoms with Gasteiger partial charge in [-0.05, 0) is 38.5 Å². The summed E-state index contributed by atoms with van der Waals surface area (Å²) in [5.41, 5.74) is 2.56. The largest absolute Gasteiger partial charge is 0.388 e. The summed E-state index contributed by atoms with van der Waals surface area (Å²) in [5, 5.41) is 6.65. The van der Waals surface area contributed by atoms with E-state index >= 15 is 0 Å². The van der Waals surface area contributed by atoms with Crippen LogP contribution in [-0.4, -0.2) is 34.6 Å². The van der Waals surface area contributed by atoms with Crippen molar-refractivity contribution in [2.75, 3.05) is 25.6 Å². The fourth-order valence-electron chi connectivity index (χ4n) is 3.14. The summed E-state index contributed by atoms with van der Waals surface area (Å²) in [7, 11) is 1.83. The van der Waals surface area contributed by atoms with Crippen LogP contribution >= 0.6 is 0 Å². The van der Waals surface area contributed by atoms with Gasteiger partial charge in [0.05, 0.1) is 16.6 Å². The second-order valence-electron chi connectivity index (χ2n) is 6.11. The molecule has 0 aliphatic rings. The summed E-state index contributed by atoms with van der Waals surface area (Å²) in [4.78, 5) is 25.4. The molecule has 138 valence electrons. The van der Waals surface area contributed by atoms with E-state index in [-0.39, 0.29) is 11.1 Å². The van der Waals surface area contributed by atoms with Gasteiger partial charge in [0, 0.05) is 44.3 Å². The van der Waals surface area contributed by atoms with Gasteiger partial charge in [-0.25, -0.2) is 4.68 Å². The Morgan fingerprint density at radius 1 is 1.23 bits per heavy atom. The molecule has 1 aromatic carbocycles. The number of ether oxygens (including phenoxy) is 1. The Kier molecular flexibility index (Phi) is 5.27. The molecule has 0 saturated carbocycles. The van der Waals surface area contributed by atoms with E-state index in [2.05, 4.69) is 10.4 Å². The molecule has 0 spiro atoms. The van der Waals surface area contributed by atoms with Crippen LogP contribution in [0.4, 0.5) is 5.69 Å². The number of rotatable bonds is 7. The minimum Gasteiger partial charge on any atom is -0.388 e. The molecule has 26 heavy (non-hydrogen) atoms. The lowest BCUT2D eigenvalue weighted by atomic mass is 10.2. The van der Waals surface area contributed by atoms with Crippen LogP contribution < -0.4 is 16.4 Å². The van der Waals surface area contributed by atoms with Gasteiger partial charge in [-0.2, -0.15) is 0 Å². The van der Waals surface area contributed by atoms with Gasteiger partial charge in [0.15, 0.2) is 0 Å². The molecule has 3 rings (SSSR count). The lowest BCUT2D eigenvalue weighted by Crippen LogP contribution is -2.24. The Hall–Kier alpha value is -2.80. The molecule has 7 nitrogen and oxygen atoms in total. The first-order valence-electron chi connectivity index (χ1n) is 8.78. The zero-order valence-electron chi connectivity index (χ0n) is 15.3. The van der Waals surface area contributed by atoms with Crippen molar-refractivity contribution in [2.45, 2.75) is 26.8 Å². The van der Waals surface area contributed by atoms with Gasteiger partial charge in [-0.1, -0.05) is 6.07 Å². The zero-order valence-corrected chi connectivity index (χ0v) is 15.3. The molecule has 2 N–H and O–H groups in total. The highest BCUT2D eigenvalue weighted by molar-refractivity contribution is 5.80. The highest BCUT2D eigenvalue weighted by Crippen LogP contribution is 2.16. The van der Waals surface area contributed by atoms with E-state index in [1.165, 1.54) is 10.7 Å². The van der Waals surface area contributed by atoms with Crippen molar-refractivity contribution in [1.82, 2.24) is 14.3 Å². The summed E-state index contributed by atoms with van der Waals surface area (Å²) >= 11 is 0. The molecule has 2 aromatic heterocycles. The summed E-state index contributed by atoms with van der Waals surface area (Å²) in [5.74, 6) is 0. The predicted octanol–water partition coefficient (Wildman–Crippen LogP) is 2.26. The number of hydrogen-bond donors (Lipinski definition) is 2. The average molecular weight is 356 g/mol. The summed E-state index contributed by atoms with van der Waals surface area (Å²) in [6, 6.07) is 9.01. The molecule has 0 radical (unpaired) electrons. The number of nitrogens with one attached hydrogen (secondary N) is 2. The normalized spacial score (nSPS) is 11.2. The number of aryl methyl sites for hydroxylation is 1. The second-order valence-corrected chi connectivity index (χ2v) is 6.11. The molecule has 0 amide bonds. The van der Waals surface area contributed by atoms with Crippen molar-refractivity contribution in [2.24, 2.45) is 0 Å². The van der Waals surface area contributed by atoms with Crippen LogP contribution in [0.25, 0.3) is 16.6 Å². The minimum atomic E-state index is -0.163. The number of fused-ring (bicyclic) bond motifs is 1. The van der Waals surface area contributed by atoms with Crippen molar-refractivity contribution in [3.05, 3.63) is 56.7 Å². The molecule has 2 heterocycles. The van der Waals surface area contributed by atoms with E-state index in [0.29, 0.717) is 42.0 Å². The lowest BCUT2D eigenvalue weighted by Gasteiger charge is -2.09. The Morgan fingerprint density at radius 2 is 2.04 bits per heavy atom. The third-order valence-corrected chi connectivity index (χ3v) is 4.49. The Morgan fingerprint density at radius 3 is 2.77 bits per heavy atom. The second kappa shape index (κ2) is 7.61. The molecule has 0 fully saturated rings. The van der Waals surface area contributed by atoms with Gasteiger partial charge < -0.3 is 14.6 Å². The molecule has 0 bridgehead atoms.